The Morgan fingerprint density at radius 3 is 2.10 bits per heavy atom. The van der Waals surface area contributed by atoms with Gasteiger partial charge >= 0.3 is 0 Å². The lowest BCUT2D eigenvalue weighted by Crippen LogP contribution is -1.85. The van der Waals surface area contributed by atoms with E-state index in [4.69, 9.17) is 0 Å². The van der Waals surface area contributed by atoms with Crippen LogP contribution in [0.5, 0.6) is 0 Å². The summed E-state index contributed by atoms with van der Waals surface area (Å²) in [7, 11) is 0. The highest BCUT2D eigenvalue weighted by atomic mass is 14.7. The van der Waals surface area contributed by atoms with Crippen molar-refractivity contribution in [3.05, 3.63) is 71.3 Å². The quantitative estimate of drug-likeness (QED) is 0.310. The van der Waals surface area contributed by atoms with E-state index >= 15 is 0 Å². The smallest absolute Gasteiger partial charge is 0.0660 e. The summed E-state index contributed by atoms with van der Waals surface area (Å²) in [5.41, 5.74) is 6.11. The molecule has 0 N–H and O–H groups in total. The summed E-state index contributed by atoms with van der Waals surface area (Å²) in [5.74, 6) is 0.904. The molecule has 0 radical (unpaired) electrons. The van der Waals surface area contributed by atoms with Crippen molar-refractivity contribution < 1.29 is 0 Å². The second kappa shape index (κ2) is 21.1. The highest BCUT2D eigenvalue weighted by Gasteiger charge is 1.94. The molecule has 0 saturated carbocycles. The van der Waals surface area contributed by atoms with E-state index in [0.717, 1.165) is 23.6 Å². The Kier molecular flexibility index (Phi) is 21.1. The zero-order chi connectivity index (χ0) is 24.1. The fourth-order valence-corrected chi connectivity index (χ4v) is 2.77. The predicted octanol–water partition coefficient (Wildman–Crippen LogP) is 10.2. The number of aliphatic imine (C=N–C) groups is 1. The summed E-state index contributed by atoms with van der Waals surface area (Å²) in [6.07, 6.45) is 10.4. The zero-order valence-electron chi connectivity index (χ0n) is 22.0. The Morgan fingerprint density at radius 1 is 0.968 bits per heavy atom. The average Bonchev–Trinajstić information content (AvgIpc) is 2.78. The topological polar surface area (TPSA) is 12.4 Å². The van der Waals surface area contributed by atoms with Gasteiger partial charge in [0.05, 0.1) is 5.69 Å². The second-order valence-corrected chi connectivity index (χ2v) is 7.87. The SMILES string of the molecule is C=Cc1ccc(C)c(N=CC)c1.CC.CCCCCC(C)C.CCc1cccc(C)c1. The van der Waals surface area contributed by atoms with Gasteiger partial charge in [-0.3, -0.25) is 4.99 Å². The molecule has 31 heavy (non-hydrogen) atoms. The molecular weight excluding hydrogens is 374 g/mol. The molecule has 0 aliphatic rings. The maximum absolute atomic E-state index is 4.24. The highest BCUT2D eigenvalue weighted by molar-refractivity contribution is 5.65. The van der Waals surface area contributed by atoms with Gasteiger partial charge in [-0.15, -0.1) is 0 Å². The molecule has 0 saturated heterocycles. The van der Waals surface area contributed by atoms with Crippen LogP contribution < -0.4 is 0 Å². The number of nitrogens with zero attached hydrogens (tertiary/aromatic N) is 1. The molecule has 0 fully saturated rings. The van der Waals surface area contributed by atoms with E-state index in [1.807, 2.05) is 39.0 Å². The maximum Gasteiger partial charge on any atom is 0.0660 e. The number of hydrogen-bond acceptors (Lipinski definition) is 1. The summed E-state index contributed by atoms with van der Waals surface area (Å²) in [6.45, 7) is 22.8. The molecule has 0 unspecified atom stereocenters. The summed E-state index contributed by atoms with van der Waals surface area (Å²) < 4.78 is 0. The van der Waals surface area contributed by atoms with Gasteiger partial charge in [0.2, 0.25) is 0 Å². The maximum atomic E-state index is 4.24. The first-order valence-corrected chi connectivity index (χ1v) is 12.1. The molecule has 0 aromatic heterocycles. The molecule has 2 rings (SSSR count). The van der Waals surface area contributed by atoms with Crippen LogP contribution in [0.15, 0.2) is 54.0 Å². The number of unbranched alkanes of at least 4 members (excludes halogenated alkanes) is 2. The van der Waals surface area contributed by atoms with Crippen LogP contribution in [0.4, 0.5) is 5.69 Å². The van der Waals surface area contributed by atoms with Gasteiger partial charge in [0, 0.05) is 6.21 Å². The van der Waals surface area contributed by atoms with Gasteiger partial charge in [-0.2, -0.15) is 0 Å². The van der Waals surface area contributed by atoms with Crippen molar-refractivity contribution in [2.45, 2.75) is 94.4 Å². The van der Waals surface area contributed by atoms with Crippen LogP contribution in [0, 0.1) is 19.8 Å². The predicted molar refractivity (Wildman–Crippen MR) is 146 cm³/mol. The van der Waals surface area contributed by atoms with Crippen molar-refractivity contribution in [3.63, 3.8) is 0 Å². The summed E-state index contributed by atoms with van der Waals surface area (Å²) in [4.78, 5) is 4.24. The van der Waals surface area contributed by atoms with Gasteiger partial charge in [-0.05, 0) is 55.9 Å². The number of hydrogen-bond donors (Lipinski definition) is 0. The normalized spacial score (nSPS) is 9.74. The van der Waals surface area contributed by atoms with Crippen LogP contribution in [0.1, 0.15) is 96.4 Å². The molecule has 0 heterocycles. The Balaban J connectivity index is 0. The van der Waals surface area contributed by atoms with Gasteiger partial charge in [-0.1, -0.05) is 122 Å². The molecular formula is C30H49N. The highest BCUT2D eigenvalue weighted by Crippen LogP contribution is 2.20. The van der Waals surface area contributed by atoms with Crippen molar-refractivity contribution in [2.24, 2.45) is 10.9 Å². The fourth-order valence-electron chi connectivity index (χ4n) is 2.77. The number of aryl methyl sites for hydroxylation is 3. The van der Waals surface area contributed by atoms with Gasteiger partial charge in [0.1, 0.15) is 0 Å². The minimum absolute atomic E-state index is 0.904. The minimum Gasteiger partial charge on any atom is -0.261 e. The molecule has 2 aromatic carbocycles. The first-order valence-electron chi connectivity index (χ1n) is 12.1. The molecule has 0 aliphatic carbocycles. The lowest BCUT2D eigenvalue weighted by molar-refractivity contribution is 0.534. The van der Waals surface area contributed by atoms with Crippen molar-refractivity contribution in [1.29, 1.82) is 0 Å². The van der Waals surface area contributed by atoms with Crippen LogP contribution >= 0.6 is 0 Å². The first kappa shape index (κ1) is 31.0. The Hall–Kier alpha value is -2.15. The van der Waals surface area contributed by atoms with Crippen LogP contribution in [-0.4, -0.2) is 6.21 Å². The Bertz CT molecular complexity index is 710. The molecule has 1 heteroatoms. The standard InChI is InChI=1S/C11H13N.C9H12.C8H18.C2H6/c1-4-10-7-6-9(3)11(8-10)12-5-2;1-3-9-6-4-5-8(2)7-9;1-4-5-6-7-8(2)3;1-2/h4-8H,1H2,2-3H3;4-7H,3H2,1-2H3;8H,4-7H2,1-3H3;1-2H3. The van der Waals surface area contributed by atoms with Gasteiger partial charge < -0.3 is 0 Å². The van der Waals surface area contributed by atoms with Gasteiger partial charge in [-0.25, -0.2) is 0 Å². The number of rotatable bonds is 7. The first-order chi connectivity index (χ1) is 14.9. The van der Waals surface area contributed by atoms with Crippen LogP contribution in [0.3, 0.4) is 0 Å². The molecule has 0 aliphatic heterocycles. The average molecular weight is 424 g/mol. The fraction of sp³-hybridized carbons (Fsp3) is 0.500. The molecule has 0 bridgehead atoms. The molecule has 1 nitrogen and oxygen atoms in total. The third-order valence-corrected chi connectivity index (χ3v) is 4.61. The van der Waals surface area contributed by atoms with E-state index in [-0.39, 0.29) is 0 Å². The van der Waals surface area contributed by atoms with Gasteiger partial charge in [0.25, 0.3) is 0 Å². The monoisotopic (exact) mass is 423 g/mol. The Morgan fingerprint density at radius 2 is 1.65 bits per heavy atom. The Labute approximate surface area is 194 Å². The molecule has 0 spiro atoms. The van der Waals surface area contributed by atoms with Crippen molar-refractivity contribution in [3.8, 4) is 0 Å². The van der Waals surface area contributed by atoms with Crippen LogP contribution in [0.2, 0.25) is 0 Å². The zero-order valence-corrected chi connectivity index (χ0v) is 22.0. The van der Waals surface area contributed by atoms with Crippen LogP contribution in [0.25, 0.3) is 6.08 Å². The molecule has 174 valence electrons. The van der Waals surface area contributed by atoms with E-state index in [1.165, 1.54) is 42.4 Å². The van der Waals surface area contributed by atoms with E-state index in [0.29, 0.717) is 0 Å². The van der Waals surface area contributed by atoms with E-state index in [2.05, 4.69) is 83.4 Å². The lowest BCUT2D eigenvalue weighted by atomic mass is 10.1. The lowest BCUT2D eigenvalue weighted by Gasteiger charge is -2.00. The van der Waals surface area contributed by atoms with E-state index in [9.17, 15) is 0 Å². The second-order valence-electron chi connectivity index (χ2n) is 7.87. The summed E-state index contributed by atoms with van der Waals surface area (Å²) in [5, 5.41) is 0. The molecule has 0 amide bonds. The number of benzene rings is 2. The van der Waals surface area contributed by atoms with Crippen LogP contribution in [-0.2, 0) is 6.42 Å². The third kappa shape index (κ3) is 17.2. The van der Waals surface area contributed by atoms with E-state index < -0.39 is 0 Å². The molecule has 0 atom stereocenters. The minimum atomic E-state index is 0.904. The van der Waals surface area contributed by atoms with Crippen molar-refractivity contribution >= 4 is 18.0 Å². The van der Waals surface area contributed by atoms with Gasteiger partial charge in [0.15, 0.2) is 0 Å². The summed E-state index contributed by atoms with van der Waals surface area (Å²) >= 11 is 0. The largest absolute Gasteiger partial charge is 0.261 e. The summed E-state index contributed by atoms with van der Waals surface area (Å²) in [6, 6.07) is 14.7. The molecule has 2 aromatic rings. The van der Waals surface area contributed by atoms with Crippen molar-refractivity contribution in [1.82, 2.24) is 0 Å². The van der Waals surface area contributed by atoms with Crippen molar-refractivity contribution in [2.75, 3.05) is 0 Å². The van der Waals surface area contributed by atoms with E-state index in [1.54, 1.807) is 6.21 Å². The third-order valence-electron chi connectivity index (χ3n) is 4.61.